The van der Waals surface area contributed by atoms with Crippen molar-refractivity contribution in [3.8, 4) is 0 Å². The predicted octanol–water partition coefficient (Wildman–Crippen LogP) is 1.11. The molecule has 0 aliphatic carbocycles. The van der Waals surface area contributed by atoms with Gasteiger partial charge < -0.3 is 9.67 Å². The van der Waals surface area contributed by atoms with E-state index in [1.165, 1.54) is 0 Å². The lowest BCUT2D eigenvalue weighted by Crippen LogP contribution is -2.02. The van der Waals surface area contributed by atoms with Gasteiger partial charge in [0, 0.05) is 18.6 Å². The number of tetrazole rings is 1. The van der Waals surface area contributed by atoms with E-state index in [0.717, 1.165) is 24.2 Å². The number of aryl methyl sites for hydroxylation is 1. The molecule has 21 heavy (non-hydrogen) atoms. The van der Waals surface area contributed by atoms with Crippen LogP contribution in [-0.2, 0) is 13.0 Å². The van der Waals surface area contributed by atoms with Crippen LogP contribution in [0.15, 0.2) is 42.9 Å². The molecule has 0 bridgehead atoms. The molecular weight excluding hydrogens is 268 g/mol. The lowest BCUT2D eigenvalue weighted by Gasteiger charge is -2.04. The molecule has 108 valence electrons. The minimum Gasteiger partial charge on any atom is -0.385 e. The maximum atomic E-state index is 9.91. The van der Waals surface area contributed by atoms with Crippen LogP contribution in [-0.4, -0.2) is 35.3 Å². The molecule has 0 fully saturated rings. The summed E-state index contributed by atoms with van der Waals surface area (Å²) in [7, 11) is 0. The number of hydrogen-bond donors (Lipinski definition) is 2. The van der Waals surface area contributed by atoms with Crippen LogP contribution in [0.3, 0.4) is 0 Å². The molecule has 3 heterocycles. The van der Waals surface area contributed by atoms with Gasteiger partial charge in [0.05, 0.1) is 12.2 Å². The first-order valence-electron chi connectivity index (χ1n) is 6.77. The Morgan fingerprint density at radius 3 is 3.00 bits per heavy atom. The van der Waals surface area contributed by atoms with Crippen LogP contribution in [0.2, 0.25) is 0 Å². The second-order valence-electron chi connectivity index (χ2n) is 4.84. The molecule has 0 aliphatic heterocycles. The van der Waals surface area contributed by atoms with Gasteiger partial charge in [-0.05, 0) is 36.6 Å². The van der Waals surface area contributed by atoms with Gasteiger partial charge in [-0.1, -0.05) is 11.3 Å². The van der Waals surface area contributed by atoms with Crippen molar-refractivity contribution in [2.24, 2.45) is 0 Å². The first-order chi connectivity index (χ1) is 10.3. The number of nitrogens with one attached hydrogen (secondary N) is 1. The Labute approximate surface area is 121 Å². The van der Waals surface area contributed by atoms with Crippen molar-refractivity contribution in [3.63, 3.8) is 0 Å². The molecule has 3 aromatic heterocycles. The summed E-state index contributed by atoms with van der Waals surface area (Å²) in [5.41, 5.74) is 2.18. The fourth-order valence-corrected chi connectivity index (χ4v) is 2.16. The van der Waals surface area contributed by atoms with Crippen LogP contribution in [0, 0.1) is 0 Å². The summed E-state index contributed by atoms with van der Waals surface area (Å²) in [5, 5.41) is 23.2. The zero-order chi connectivity index (χ0) is 14.5. The Morgan fingerprint density at radius 1 is 1.29 bits per heavy atom. The average Bonchev–Trinajstić information content (AvgIpc) is 3.17. The lowest BCUT2D eigenvalue weighted by atomic mass is 10.1. The quantitative estimate of drug-likeness (QED) is 0.707. The van der Waals surface area contributed by atoms with Gasteiger partial charge in [0.2, 0.25) is 5.82 Å². The number of nitrogens with zero attached hydrogens (tertiary/aromatic N) is 5. The largest absolute Gasteiger partial charge is 0.385 e. The summed E-state index contributed by atoms with van der Waals surface area (Å²) in [4.78, 5) is 4.30. The molecule has 0 aliphatic rings. The molecule has 0 aromatic carbocycles. The molecular formula is C14H16N6O. The Bertz CT molecular complexity index is 664. The third kappa shape index (κ3) is 3.51. The van der Waals surface area contributed by atoms with E-state index in [9.17, 15) is 5.11 Å². The van der Waals surface area contributed by atoms with Crippen molar-refractivity contribution in [3.05, 3.63) is 59.9 Å². The zero-order valence-electron chi connectivity index (χ0n) is 11.4. The van der Waals surface area contributed by atoms with Gasteiger partial charge in [-0.3, -0.25) is 4.98 Å². The van der Waals surface area contributed by atoms with Crippen LogP contribution in [0.4, 0.5) is 0 Å². The van der Waals surface area contributed by atoms with E-state index < -0.39 is 6.10 Å². The van der Waals surface area contributed by atoms with Gasteiger partial charge in [-0.25, -0.2) is 0 Å². The van der Waals surface area contributed by atoms with Crippen molar-refractivity contribution in [1.29, 1.82) is 0 Å². The standard InChI is InChI=1S/C14H16N6O/c21-13(14-16-18-19-17-14)5-4-11-6-8-20(9-11)10-12-3-1-2-7-15-12/h1-3,6-9,13,21H,4-5,10H2,(H,16,17,18,19). The summed E-state index contributed by atoms with van der Waals surface area (Å²) < 4.78 is 2.08. The minimum absolute atomic E-state index is 0.336. The van der Waals surface area contributed by atoms with E-state index in [2.05, 4.69) is 36.4 Å². The molecule has 3 aromatic rings. The van der Waals surface area contributed by atoms with Crippen molar-refractivity contribution < 1.29 is 5.11 Å². The van der Waals surface area contributed by atoms with Crippen LogP contribution in [0.1, 0.15) is 29.6 Å². The van der Waals surface area contributed by atoms with E-state index in [4.69, 9.17) is 0 Å². The molecule has 0 amide bonds. The van der Waals surface area contributed by atoms with E-state index in [1.807, 2.05) is 30.5 Å². The minimum atomic E-state index is -0.692. The maximum absolute atomic E-state index is 9.91. The Hall–Kier alpha value is -2.54. The number of aromatic nitrogens is 6. The lowest BCUT2D eigenvalue weighted by molar-refractivity contribution is 0.158. The normalized spacial score (nSPS) is 12.4. The molecule has 0 spiro atoms. The van der Waals surface area contributed by atoms with Crippen LogP contribution in [0.25, 0.3) is 0 Å². The Kier molecular flexibility index (Phi) is 4.02. The monoisotopic (exact) mass is 284 g/mol. The summed E-state index contributed by atoms with van der Waals surface area (Å²) in [5.74, 6) is 0.336. The average molecular weight is 284 g/mol. The molecule has 2 N–H and O–H groups in total. The number of aliphatic hydroxyl groups excluding tert-OH is 1. The second-order valence-corrected chi connectivity index (χ2v) is 4.84. The number of pyridine rings is 1. The molecule has 7 nitrogen and oxygen atoms in total. The highest BCUT2D eigenvalue weighted by Gasteiger charge is 2.12. The molecule has 3 rings (SSSR count). The van der Waals surface area contributed by atoms with E-state index >= 15 is 0 Å². The van der Waals surface area contributed by atoms with Crippen LogP contribution < -0.4 is 0 Å². The fraction of sp³-hybridized carbons (Fsp3) is 0.286. The molecule has 1 unspecified atom stereocenters. The molecule has 0 saturated heterocycles. The van der Waals surface area contributed by atoms with Crippen molar-refractivity contribution in [2.45, 2.75) is 25.5 Å². The number of aromatic amines is 1. The van der Waals surface area contributed by atoms with Gasteiger partial charge in [0.25, 0.3) is 0 Å². The summed E-state index contributed by atoms with van der Waals surface area (Å²) in [6.45, 7) is 0.744. The van der Waals surface area contributed by atoms with E-state index in [1.54, 1.807) is 6.20 Å². The summed E-state index contributed by atoms with van der Waals surface area (Å²) in [6, 6.07) is 7.93. The SMILES string of the molecule is OC(CCc1ccn(Cc2ccccn2)c1)c1nn[nH]n1. The maximum Gasteiger partial charge on any atom is 0.202 e. The topological polar surface area (TPSA) is 92.5 Å². The van der Waals surface area contributed by atoms with Crippen molar-refractivity contribution in [1.82, 2.24) is 30.2 Å². The molecule has 7 heteroatoms. The van der Waals surface area contributed by atoms with E-state index in [0.29, 0.717) is 12.2 Å². The van der Waals surface area contributed by atoms with Crippen molar-refractivity contribution >= 4 is 0 Å². The van der Waals surface area contributed by atoms with Gasteiger partial charge >= 0.3 is 0 Å². The smallest absolute Gasteiger partial charge is 0.202 e. The third-order valence-electron chi connectivity index (χ3n) is 3.25. The third-order valence-corrected chi connectivity index (χ3v) is 3.25. The molecule has 1 atom stereocenters. The number of H-pyrrole nitrogens is 1. The molecule has 0 saturated carbocycles. The Morgan fingerprint density at radius 2 is 2.24 bits per heavy atom. The highest BCUT2D eigenvalue weighted by atomic mass is 16.3. The fourth-order valence-electron chi connectivity index (χ4n) is 2.16. The zero-order valence-corrected chi connectivity index (χ0v) is 11.4. The highest BCUT2D eigenvalue weighted by molar-refractivity contribution is 5.13. The summed E-state index contributed by atoms with van der Waals surface area (Å²) in [6.07, 6.45) is 6.50. The number of aliphatic hydroxyl groups is 1. The predicted molar refractivity (Wildman–Crippen MR) is 75.2 cm³/mol. The summed E-state index contributed by atoms with van der Waals surface area (Å²) >= 11 is 0. The van der Waals surface area contributed by atoms with Crippen LogP contribution in [0.5, 0.6) is 0 Å². The van der Waals surface area contributed by atoms with Gasteiger partial charge in [-0.15, -0.1) is 10.2 Å². The number of hydrogen-bond acceptors (Lipinski definition) is 5. The highest BCUT2D eigenvalue weighted by Crippen LogP contribution is 2.15. The van der Waals surface area contributed by atoms with Crippen LogP contribution >= 0.6 is 0 Å². The van der Waals surface area contributed by atoms with E-state index in [-0.39, 0.29) is 0 Å². The van der Waals surface area contributed by atoms with Gasteiger partial charge in [-0.2, -0.15) is 5.21 Å². The molecule has 0 radical (unpaired) electrons. The van der Waals surface area contributed by atoms with Crippen molar-refractivity contribution in [2.75, 3.05) is 0 Å². The van der Waals surface area contributed by atoms with Gasteiger partial charge in [0.15, 0.2) is 0 Å². The second kappa shape index (κ2) is 6.27. The first-order valence-corrected chi connectivity index (χ1v) is 6.77. The number of rotatable bonds is 6. The first kappa shape index (κ1) is 13.4. The van der Waals surface area contributed by atoms with Gasteiger partial charge in [0.1, 0.15) is 6.10 Å². The Balaban J connectivity index is 1.55.